The monoisotopic (exact) mass is 457 g/mol. The maximum atomic E-state index is 9.99. The molecule has 0 saturated heterocycles. The van der Waals surface area contributed by atoms with E-state index in [4.69, 9.17) is 0 Å². The number of hydrogen-bond donors (Lipinski definition) is 1. The molecule has 0 aliphatic heterocycles. The summed E-state index contributed by atoms with van der Waals surface area (Å²) in [4.78, 5) is 0. The minimum atomic E-state index is -0.516. The summed E-state index contributed by atoms with van der Waals surface area (Å²) >= 11 is 0. The van der Waals surface area contributed by atoms with Gasteiger partial charge in [-0.05, 0) is 24.0 Å². The van der Waals surface area contributed by atoms with E-state index in [-0.39, 0.29) is 46.5 Å². The third-order valence-electron chi connectivity index (χ3n) is 4.33. The second-order valence-corrected chi connectivity index (χ2v) is 6.34. The van der Waals surface area contributed by atoms with Gasteiger partial charge in [0, 0.05) is 0 Å². The molecule has 1 unspecified atom stereocenters. The minimum Gasteiger partial charge on any atom is -1.00 e. The van der Waals surface area contributed by atoms with Gasteiger partial charge in [0.25, 0.3) is 0 Å². The quantitative estimate of drug-likeness (QED) is 0.428. The normalized spacial score (nSPS) is 13.8. The Bertz CT molecular complexity index is 826. The maximum absolute atomic E-state index is 9.99. The second-order valence-electron chi connectivity index (χ2n) is 6.34. The Hall–Kier alpha value is -1.61. The number of halogens is 2. The van der Waals surface area contributed by atoms with Crippen molar-refractivity contribution >= 4 is 0 Å². The number of hydrogen-bond acceptors (Lipinski definition) is 1. The van der Waals surface area contributed by atoms with Crippen LogP contribution in [0.15, 0.2) is 109 Å². The summed E-state index contributed by atoms with van der Waals surface area (Å²) in [5, 5.41) is 9.99. The molecule has 29 heavy (non-hydrogen) atoms. The molecule has 0 amide bonds. The van der Waals surface area contributed by atoms with Crippen molar-refractivity contribution in [1.82, 2.24) is 0 Å². The molecule has 3 aromatic carbocycles. The smallest absolute Gasteiger partial charge is 1.00 e. The first-order valence-electron chi connectivity index (χ1n) is 8.85. The second kappa shape index (κ2) is 14.4. The van der Waals surface area contributed by atoms with Gasteiger partial charge in [-0.25, -0.2) is 0 Å². The standard InChI is InChI=1S/C13H12O.C12H11.2ClH.Ti/c14-13(11-7-3-1-4-8-11)12-9-5-2-6-10-12;1-10-7-8-12(9-10)11-5-3-2-4-6-11;;;/h1-10,13-14H;2-5,7-9,12H,1H3;2*1H;/q;-1;;;+3/p-2. The fourth-order valence-corrected chi connectivity index (χ4v) is 2.92. The molecule has 1 radical (unpaired) electrons. The summed E-state index contributed by atoms with van der Waals surface area (Å²) in [6.07, 6.45) is 6.11. The van der Waals surface area contributed by atoms with Crippen molar-refractivity contribution in [2.75, 3.05) is 0 Å². The van der Waals surface area contributed by atoms with Crippen molar-refractivity contribution in [3.05, 3.63) is 131 Å². The fourth-order valence-electron chi connectivity index (χ4n) is 2.92. The van der Waals surface area contributed by atoms with Crippen LogP contribution in [-0.4, -0.2) is 5.11 Å². The molecular weight excluding hydrogens is 435 g/mol. The molecule has 147 valence electrons. The molecule has 3 aromatic rings. The first-order chi connectivity index (χ1) is 12.7. The number of aliphatic hydroxyl groups excluding tert-OH is 1. The van der Waals surface area contributed by atoms with Crippen LogP contribution in [0.5, 0.6) is 0 Å². The van der Waals surface area contributed by atoms with Crippen molar-refractivity contribution in [1.29, 1.82) is 0 Å². The van der Waals surface area contributed by atoms with Crippen molar-refractivity contribution in [3.8, 4) is 0 Å². The third kappa shape index (κ3) is 8.34. The van der Waals surface area contributed by atoms with Crippen LogP contribution in [0.25, 0.3) is 0 Å². The Kier molecular flexibility index (Phi) is 13.6. The molecule has 0 aromatic heterocycles. The molecule has 0 saturated carbocycles. The van der Waals surface area contributed by atoms with Gasteiger partial charge >= 0.3 is 21.7 Å². The van der Waals surface area contributed by atoms with Crippen molar-refractivity contribution in [3.63, 3.8) is 0 Å². The van der Waals surface area contributed by atoms with Crippen molar-refractivity contribution in [2.24, 2.45) is 0 Å². The first kappa shape index (κ1) is 27.4. The summed E-state index contributed by atoms with van der Waals surface area (Å²) in [5.74, 6) is 0.450. The van der Waals surface area contributed by atoms with Gasteiger partial charge in [-0.2, -0.15) is 35.9 Å². The average molecular weight is 458 g/mol. The fraction of sp³-hybridized carbons (Fsp3) is 0.120. The predicted octanol–water partition coefficient (Wildman–Crippen LogP) is -0.140. The molecule has 4 rings (SSSR count). The summed E-state index contributed by atoms with van der Waals surface area (Å²) in [6, 6.07) is 30.7. The first-order valence-corrected chi connectivity index (χ1v) is 8.85. The molecule has 1 aliphatic rings. The Balaban J connectivity index is 0.000000494. The zero-order valence-electron chi connectivity index (χ0n) is 16.2. The number of rotatable bonds is 3. The van der Waals surface area contributed by atoms with Gasteiger partial charge in [0.2, 0.25) is 0 Å². The van der Waals surface area contributed by atoms with E-state index in [9.17, 15) is 5.11 Å². The summed E-state index contributed by atoms with van der Waals surface area (Å²) in [5.41, 5.74) is 4.46. The summed E-state index contributed by atoms with van der Waals surface area (Å²) in [6.45, 7) is 2.12. The summed E-state index contributed by atoms with van der Waals surface area (Å²) < 4.78 is 0. The van der Waals surface area contributed by atoms with Gasteiger partial charge in [-0.1, -0.05) is 84.5 Å². The van der Waals surface area contributed by atoms with E-state index in [0.717, 1.165) is 11.1 Å². The third-order valence-corrected chi connectivity index (χ3v) is 4.33. The molecule has 1 nitrogen and oxygen atoms in total. The largest absolute Gasteiger partial charge is 3.00 e. The maximum Gasteiger partial charge on any atom is 3.00 e. The van der Waals surface area contributed by atoms with Gasteiger partial charge in [-0.15, -0.1) is 0 Å². The Labute approximate surface area is 201 Å². The van der Waals surface area contributed by atoms with E-state index in [1.807, 2.05) is 72.8 Å². The van der Waals surface area contributed by atoms with Gasteiger partial charge in [0.15, 0.2) is 0 Å². The van der Waals surface area contributed by atoms with Gasteiger partial charge in [0.1, 0.15) is 6.10 Å². The SMILES string of the molecule is CC1=CC(c2[c-]cccc2)C=C1.OC(c1ccccc1)c1ccccc1.[Cl-].[Cl-].[Ti+3]. The minimum absolute atomic E-state index is 0. The van der Waals surface area contributed by atoms with Gasteiger partial charge in [-0.3, -0.25) is 0 Å². The Morgan fingerprint density at radius 1 is 0.793 bits per heavy atom. The summed E-state index contributed by atoms with van der Waals surface area (Å²) in [7, 11) is 0. The van der Waals surface area contributed by atoms with Crippen LogP contribution in [0.3, 0.4) is 0 Å². The van der Waals surface area contributed by atoms with Crippen molar-refractivity contribution in [2.45, 2.75) is 18.9 Å². The van der Waals surface area contributed by atoms with Crippen LogP contribution < -0.4 is 24.8 Å². The number of aliphatic hydroxyl groups is 1. The van der Waals surface area contributed by atoms with E-state index in [1.165, 1.54) is 11.1 Å². The molecule has 1 atom stereocenters. The molecule has 0 spiro atoms. The predicted molar refractivity (Wildman–Crippen MR) is 108 cm³/mol. The van der Waals surface area contributed by atoms with Crippen LogP contribution in [0.1, 0.15) is 35.6 Å². The molecule has 0 fully saturated rings. The van der Waals surface area contributed by atoms with Crippen molar-refractivity contribution < 1.29 is 51.6 Å². The van der Waals surface area contributed by atoms with Gasteiger partial charge < -0.3 is 29.9 Å². The molecule has 0 bridgehead atoms. The van der Waals surface area contributed by atoms with E-state index in [2.05, 4.69) is 43.4 Å². The Morgan fingerprint density at radius 2 is 1.31 bits per heavy atom. The van der Waals surface area contributed by atoms with E-state index < -0.39 is 6.10 Å². The van der Waals surface area contributed by atoms with Crippen LogP contribution in [0, 0.1) is 6.07 Å². The zero-order chi connectivity index (χ0) is 18.2. The van der Waals surface area contributed by atoms with Crippen LogP contribution >= 0.6 is 0 Å². The molecule has 1 N–H and O–H groups in total. The van der Waals surface area contributed by atoms with E-state index >= 15 is 0 Å². The van der Waals surface area contributed by atoms with Crippen LogP contribution in [0.2, 0.25) is 0 Å². The topological polar surface area (TPSA) is 20.2 Å². The van der Waals surface area contributed by atoms with Crippen LogP contribution in [-0.2, 0) is 21.7 Å². The molecule has 4 heteroatoms. The average Bonchev–Trinajstić information content (AvgIpc) is 3.16. The zero-order valence-corrected chi connectivity index (χ0v) is 19.2. The number of allylic oxidation sites excluding steroid dienone is 4. The molecule has 1 aliphatic carbocycles. The van der Waals surface area contributed by atoms with Crippen LogP contribution in [0.4, 0.5) is 0 Å². The van der Waals surface area contributed by atoms with E-state index in [1.54, 1.807) is 0 Å². The number of benzene rings is 3. The van der Waals surface area contributed by atoms with E-state index in [0.29, 0.717) is 5.92 Å². The molecular formula is C25H23Cl2OTi. The van der Waals surface area contributed by atoms with Gasteiger partial charge in [0.05, 0.1) is 0 Å². The molecule has 0 heterocycles. The Morgan fingerprint density at radius 3 is 1.72 bits per heavy atom.